The van der Waals surface area contributed by atoms with Crippen LogP contribution in [-0.4, -0.2) is 11.1 Å². The second-order valence-corrected chi connectivity index (χ2v) is 3.73. The Bertz CT molecular complexity index is 251. The maximum atomic E-state index is 10.3. The topological polar surface area (TPSA) is 37.3 Å². The van der Waals surface area contributed by atoms with E-state index >= 15 is 0 Å². The zero-order valence-corrected chi connectivity index (χ0v) is 8.16. The highest BCUT2D eigenvalue weighted by atomic mass is 16.4. The molecule has 0 aromatic carbocycles. The molecule has 0 aromatic heterocycles. The molecule has 1 aliphatic rings. The molecule has 2 nitrogen and oxygen atoms in total. The fraction of sp³-hybridized carbons (Fsp3) is 0.545. The molecule has 1 aliphatic carbocycles. The Balaban J connectivity index is 2.70. The first-order valence-corrected chi connectivity index (χ1v) is 4.69. The average molecular weight is 180 g/mol. The van der Waals surface area contributed by atoms with Gasteiger partial charge in [0.2, 0.25) is 0 Å². The van der Waals surface area contributed by atoms with Gasteiger partial charge in [-0.1, -0.05) is 24.6 Å². The molecule has 0 heterocycles. The van der Waals surface area contributed by atoms with Gasteiger partial charge in [0, 0.05) is 12.0 Å². The zero-order chi connectivity index (χ0) is 9.84. The number of carboxylic acids is 1. The second-order valence-electron chi connectivity index (χ2n) is 3.73. The molecule has 0 unspecified atom stereocenters. The normalized spacial score (nSPS) is 28.9. The molecule has 0 aliphatic heterocycles. The summed E-state index contributed by atoms with van der Waals surface area (Å²) in [4.78, 5) is 10.3. The van der Waals surface area contributed by atoms with E-state index in [1.54, 1.807) is 6.08 Å². The molecule has 0 amide bonds. The molecule has 2 heteroatoms. The molecule has 13 heavy (non-hydrogen) atoms. The Labute approximate surface area is 79.0 Å². The van der Waals surface area contributed by atoms with Gasteiger partial charge in [-0.2, -0.15) is 0 Å². The number of carbonyl (C=O) groups is 1. The highest BCUT2D eigenvalue weighted by Crippen LogP contribution is 2.30. The molecular formula is C11H16O2. The summed E-state index contributed by atoms with van der Waals surface area (Å²) in [5.74, 6) is 0.0380. The van der Waals surface area contributed by atoms with E-state index in [0.717, 1.165) is 12.8 Å². The summed E-state index contributed by atoms with van der Waals surface area (Å²) >= 11 is 0. The Morgan fingerprint density at radius 2 is 2.38 bits per heavy atom. The van der Waals surface area contributed by atoms with Crippen LogP contribution < -0.4 is 0 Å². The summed E-state index contributed by atoms with van der Waals surface area (Å²) < 4.78 is 0. The fourth-order valence-corrected chi connectivity index (χ4v) is 1.87. The van der Waals surface area contributed by atoms with Crippen LogP contribution in [0.2, 0.25) is 0 Å². The quantitative estimate of drug-likeness (QED) is 0.524. The molecule has 0 spiro atoms. The van der Waals surface area contributed by atoms with Crippen molar-refractivity contribution in [2.75, 3.05) is 0 Å². The van der Waals surface area contributed by atoms with Crippen molar-refractivity contribution in [2.45, 2.75) is 26.7 Å². The minimum Gasteiger partial charge on any atom is -0.478 e. The van der Waals surface area contributed by atoms with Crippen molar-refractivity contribution in [3.05, 3.63) is 23.8 Å². The second kappa shape index (κ2) is 4.26. The number of carboxylic acid groups (broad SMARTS) is 1. The summed E-state index contributed by atoms with van der Waals surface area (Å²) in [6, 6.07) is 0. The van der Waals surface area contributed by atoms with Crippen molar-refractivity contribution in [3.63, 3.8) is 0 Å². The number of hydrogen-bond donors (Lipinski definition) is 1. The zero-order valence-electron chi connectivity index (χ0n) is 8.16. The van der Waals surface area contributed by atoms with Crippen LogP contribution in [0.15, 0.2) is 23.8 Å². The van der Waals surface area contributed by atoms with E-state index in [0.29, 0.717) is 11.8 Å². The predicted molar refractivity (Wildman–Crippen MR) is 52.4 cm³/mol. The van der Waals surface area contributed by atoms with Crippen LogP contribution in [0.4, 0.5) is 0 Å². The Kier molecular flexibility index (Phi) is 3.29. The van der Waals surface area contributed by atoms with E-state index in [4.69, 9.17) is 5.11 Å². The van der Waals surface area contributed by atoms with E-state index in [9.17, 15) is 4.79 Å². The largest absolute Gasteiger partial charge is 0.478 e. The molecule has 1 rings (SSSR count). The first-order valence-electron chi connectivity index (χ1n) is 4.69. The number of rotatable bonds is 2. The van der Waals surface area contributed by atoms with E-state index in [1.165, 1.54) is 11.6 Å². The van der Waals surface area contributed by atoms with Gasteiger partial charge in [-0.3, -0.25) is 0 Å². The molecule has 0 bridgehead atoms. The lowest BCUT2D eigenvalue weighted by Crippen LogP contribution is -2.14. The third kappa shape index (κ3) is 2.72. The fourth-order valence-electron chi connectivity index (χ4n) is 1.87. The molecule has 1 N–H and O–H groups in total. The maximum absolute atomic E-state index is 10.3. The molecule has 0 aromatic rings. The van der Waals surface area contributed by atoms with Crippen LogP contribution in [-0.2, 0) is 4.79 Å². The first-order chi connectivity index (χ1) is 6.11. The van der Waals surface area contributed by atoms with E-state index < -0.39 is 5.97 Å². The molecule has 0 saturated heterocycles. The molecule has 0 fully saturated rings. The van der Waals surface area contributed by atoms with E-state index in [1.807, 2.05) is 0 Å². The van der Waals surface area contributed by atoms with Gasteiger partial charge in [0.1, 0.15) is 0 Å². The standard InChI is InChI=1S/C11H16O2/c1-8-4-3-5-9(2)10(8)6-7-11(12)13/h4,6-7,9-10H,3,5H2,1-2H3,(H,12,13)/b7-6+/t9-,10-/m0/s1. The van der Waals surface area contributed by atoms with Crippen LogP contribution in [0.3, 0.4) is 0 Å². The molecule has 0 radical (unpaired) electrons. The highest BCUT2D eigenvalue weighted by molar-refractivity contribution is 5.79. The van der Waals surface area contributed by atoms with Gasteiger partial charge in [0.25, 0.3) is 0 Å². The first kappa shape index (κ1) is 10.0. The third-order valence-electron chi connectivity index (χ3n) is 2.67. The lowest BCUT2D eigenvalue weighted by molar-refractivity contribution is -0.131. The van der Waals surface area contributed by atoms with Crippen molar-refractivity contribution in [3.8, 4) is 0 Å². The molecule has 72 valence electrons. The molecular weight excluding hydrogens is 164 g/mol. The van der Waals surface area contributed by atoms with Crippen molar-refractivity contribution < 1.29 is 9.90 Å². The summed E-state index contributed by atoms with van der Waals surface area (Å²) in [6.45, 7) is 4.25. The van der Waals surface area contributed by atoms with Crippen molar-refractivity contribution in [2.24, 2.45) is 11.8 Å². The van der Waals surface area contributed by atoms with Gasteiger partial charge < -0.3 is 5.11 Å². The summed E-state index contributed by atoms with van der Waals surface area (Å²) in [6.07, 6.45) is 7.55. The number of aliphatic carboxylic acids is 1. The van der Waals surface area contributed by atoms with Gasteiger partial charge in [-0.25, -0.2) is 4.79 Å². The highest BCUT2D eigenvalue weighted by Gasteiger charge is 2.19. The maximum Gasteiger partial charge on any atom is 0.327 e. The SMILES string of the molecule is CC1=CCC[C@H](C)[C@H]1/C=C/C(=O)O. The van der Waals surface area contributed by atoms with Crippen LogP contribution >= 0.6 is 0 Å². The summed E-state index contributed by atoms with van der Waals surface area (Å²) in [7, 11) is 0. The van der Waals surface area contributed by atoms with E-state index in [2.05, 4.69) is 19.9 Å². The van der Waals surface area contributed by atoms with Crippen molar-refractivity contribution in [1.82, 2.24) is 0 Å². The van der Waals surface area contributed by atoms with E-state index in [-0.39, 0.29) is 0 Å². The van der Waals surface area contributed by atoms with Crippen LogP contribution in [0.25, 0.3) is 0 Å². The van der Waals surface area contributed by atoms with Gasteiger partial charge >= 0.3 is 5.97 Å². The minimum absolute atomic E-state index is 0.324. The van der Waals surface area contributed by atoms with Gasteiger partial charge in [-0.15, -0.1) is 0 Å². The van der Waals surface area contributed by atoms with Gasteiger partial charge in [0.15, 0.2) is 0 Å². The molecule has 0 saturated carbocycles. The number of allylic oxidation sites excluding steroid dienone is 3. The van der Waals surface area contributed by atoms with Crippen LogP contribution in [0.1, 0.15) is 26.7 Å². The Hall–Kier alpha value is -1.05. The van der Waals surface area contributed by atoms with Crippen LogP contribution in [0, 0.1) is 11.8 Å². The Morgan fingerprint density at radius 1 is 1.69 bits per heavy atom. The third-order valence-corrected chi connectivity index (χ3v) is 2.67. The van der Waals surface area contributed by atoms with Crippen molar-refractivity contribution in [1.29, 1.82) is 0 Å². The lowest BCUT2D eigenvalue weighted by atomic mass is 9.80. The smallest absolute Gasteiger partial charge is 0.327 e. The minimum atomic E-state index is -0.856. The summed E-state index contributed by atoms with van der Waals surface area (Å²) in [5, 5.41) is 8.51. The molecule has 2 atom stereocenters. The van der Waals surface area contributed by atoms with Gasteiger partial charge in [0.05, 0.1) is 0 Å². The van der Waals surface area contributed by atoms with Crippen molar-refractivity contribution >= 4 is 5.97 Å². The lowest BCUT2D eigenvalue weighted by Gasteiger charge is -2.25. The average Bonchev–Trinajstić information content (AvgIpc) is 2.03. The summed E-state index contributed by atoms with van der Waals surface area (Å²) in [5.41, 5.74) is 1.30. The number of hydrogen-bond acceptors (Lipinski definition) is 1. The van der Waals surface area contributed by atoms with Gasteiger partial charge in [-0.05, 0) is 25.7 Å². The van der Waals surface area contributed by atoms with Crippen LogP contribution in [0.5, 0.6) is 0 Å². The predicted octanol–water partition coefficient (Wildman–Crippen LogP) is 2.62. The Morgan fingerprint density at radius 3 is 2.92 bits per heavy atom. The monoisotopic (exact) mass is 180 g/mol.